The molecule has 2 heterocycles. The largest absolute Gasteiger partial charge is 0.378 e. The highest BCUT2D eigenvalue weighted by molar-refractivity contribution is 5.95. The lowest BCUT2D eigenvalue weighted by Gasteiger charge is -2.17. The number of aromatic nitrogens is 1. The fourth-order valence-corrected chi connectivity index (χ4v) is 2.73. The van der Waals surface area contributed by atoms with Gasteiger partial charge >= 0.3 is 0 Å². The van der Waals surface area contributed by atoms with Crippen molar-refractivity contribution in [1.29, 1.82) is 0 Å². The number of hydrogen-bond acceptors (Lipinski definition) is 4. The highest BCUT2D eigenvalue weighted by Gasteiger charge is 2.27. The van der Waals surface area contributed by atoms with Crippen LogP contribution >= 0.6 is 0 Å². The lowest BCUT2D eigenvalue weighted by atomic mass is 9.99. The molecule has 2 unspecified atom stereocenters. The van der Waals surface area contributed by atoms with Crippen molar-refractivity contribution in [2.75, 3.05) is 25.5 Å². The number of aryl methyl sites for hydroxylation is 1. The molecule has 5 nitrogen and oxygen atoms in total. The van der Waals surface area contributed by atoms with E-state index in [1.807, 2.05) is 20.0 Å². The average Bonchev–Trinajstić information content (AvgIpc) is 2.99. The topological polar surface area (TPSA) is 63.2 Å². The molecule has 0 bridgehead atoms. The van der Waals surface area contributed by atoms with Crippen molar-refractivity contribution in [3.8, 4) is 0 Å². The van der Waals surface area contributed by atoms with Gasteiger partial charge in [-0.15, -0.1) is 0 Å². The SMILES string of the molecule is CCc1cc(C(=O)NCC2CCOC2CC)cc(NC)n1. The summed E-state index contributed by atoms with van der Waals surface area (Å²) < 4.78 is 5.65. The number of ether oxygens (including phenoxy) is 1. The van der Waals surface area contributed by atoms with Crippen LogP contribution in [0.3, 0.4) is 0 Å². The minimum absolute atomic E-state index is 0.0367. The number of carbonyl (C=O) groups is 1. The Morgan fingerprint density at radius 1 is 1.43 bits per heavy atom. The fraction of sp³-hybridized carbons (Fsp3) is 0.625. The number of rotatable bonds is 6. The van der Waals surface area contributed by atoms with Crippen LogP contribution in [-0.4, -0.2) is 37.2 Å². The molecule has 1 aromatic rings. The van der Waals surface area contributed by atoms with Gasteiger partial charge in [-0.2, -0.15) is 0 Å². The van der Waals surface area contributed by atoms with E-state index in [0.29, 0.717) is 18.0 Å². The summed E-state index contributed by atoms with van der Waals surface area (Å²) in [7, 11) is 1.81. The Balaban J connectivity index is 1.99. The Hall–Kier alpha value is -1.62. The fourth-order valence-electron chi connectivity index (χ4n) is 2.73. The van der Waals surface area contributed by atoms with Gasteiger partial charge in [0.15, 0.2) is 0 Å². The number of nitrogens with zero attached hydrogens (tertiary/aromatic N) is 1. The Kier molecular flexibility index (Phi) is 5.56. The molecule has 2 atom stereocenters. The molecule has 21 heavy (non-hydrogen) atoms. The van der Waals surface area contributed by atoms with E-state index in [1.165, 1.54) is 0 Å². The van der Waals surface area contributed by atoms with Crippen LogP contribution < -0.4 is 10.6 Å². The minimum Gasteiger partial charge on any atom is -0.378 e. The van der Waals surface area contributed by atoms with Gasteiger partial charge in [0, 0.05) is 37.4 Å². The Morgan fingerprint density at radius 3 is 2.90 bits per heavy atom. The van der Waals surface area contributed by atoms with Crippen molar-refractivity contribution in [3.05, 3.63) is 23.4 Å². The zero-order valence-corrected chi connectivity index (χ0v) is 13.1. The normalized spacial score (nSPS) is 21.3. The molecule has 1 fully saturated rings. The highest BCUT2D eigenvalue weighted by Crippen LogP contribution is 2.22. The summed E-state index contributed by atoms with van der Waals surface area (Å²) in [6.45, 7) is 5.64. The van der Waals surface area contributed by atoms with Crippen LogP contribution in [0.4, 0.5) is 5.82 Å². The van der Waals surface area contributed by atoms with Crippen LogP contribution in [0.5, 0.6) is 0 Å². The molecule has 116 valence electrons. The van der Waals surface area contributed by atoms with Crippen LogP contribution in [0.1, 0.15) is 42.7 Å². The molecule has 2 rings (SSSR count). The first-order valence-electron chi connectivity index (χ1n) is 7.76. The molecular weight excluding hydrogens is 266 g/mol. The summed E-state index contributed by atoms with van der Waals surface area (Å²) in [5, 5.41) is 6.03. The molecule has 1 aromatic heterocycles. The van der Waals surface area contributed by atoms with Gasteiger partial charge in [-0.3, -0.25) is 4.79 Å². The molecule has 2 N–H and O–H groups in total. The zero-order chi connectivity index (χ0) is 15.2. The third-order valence-corrected chi connectivity index (χ3v) is 4.03. The second-order valence-electron chi connectivity index (χ2n) is 5.41. The molecular formula is C16H25N3O2. The van der Waals surface area contributed by atoms with Gasteiger partial charge in [0.1, 0.15) is 5.82 Å². The number of nitrogens with one attached hydrogen (secondary N) is 2. The van der Waals surface area contributed by atoms with Crippen molar-refractivity contribution in [1.82, 2.24) is 10.3 Å². The van der Waals surface area contributed by atoms with Crippen LogP contribution in [0.2, 0.25) is 0 Å². The predicted molar refractivity (Wildman–Crippen MR) is 83.6 cm³/mol. The third kappa shape index (κ3) is 3.94. The summed E-state index contributed by atoms with van der Waals surface area (Å²) >= 11 is 0. The molecule has 0 aliphatic carbocycles. The van der Waals surface area contributed by atoms with Crippen LogP contribution in [0.25, 0.3) is 0 Å². The van der Waals surface area contributed by atoms with E-state index in [2.05, 4.69) is 22.5 Å². The van der Waals surface area contributed by atoms with Gasteiger partial charge in [0.2, 0.25) is 0 Å². The number of hydrogen-bond donors (Lipinski definition) is 2. The zero-order valence-electron chi connectivity index (χ0n) is 13.1. The van der Waals surface area contributed by atoms with Crippen molar-refractivity contribution in [2.45, 2.75) is 39.2 Å². The quantitative estimate of drug-likeness (QED) is 0.843. The van der Waals surface area contributed by atoms with E-state index in [4.69, 9.17) is 4.74 Å². The van der Waals surface area contributed by atoms with Gasteiger partial charge in [-0.25, -0.2) is 4.98 Å². The number of amides is 1. The van der Waals surface area contributed by atoms with E-state index in [1.54, 1.807) is 6.07 Å². The maximum Gasteiger partial charge on any atom is 0.251 e. The Bertz CT molecular complexity index is 468. The maximum atomic E-state index is 12.3. The van der Waals surface area contributed by atoms with Crippen LogP contribution in [0, 0.1) is 5.92 Å². The first-order valence-corrected chi connectivity index (χ1v) is 7.76. The monoisotopic (exact) mass is 291 g/mol. The lowest BCUT2D eigenvalue weighted by molar-refractivity contribution is 0.0827. The summed E-state index contributed by atoms with van der Waals surface area (Å²) in [5.74, 6) is 1.12. The van der Waals surface area contributed by atoms with Crippen molar-refractivity contribution < 1.29 is 9.53 Å². The molecule has 0 spiro atoms. The van der Waals surface area contributed by atoms with Gasteiger partial charge in [0.25, 0.3) is 5.91 Å². The Morgan fingerprint density at radius 2 is 2.24 bits per heavy atom. The predicted octanol–water partition coefficient (Wildman–Crippen LogP) is 2.23. The standard InChI is InChI=1S/C16H25N3O2/c1-4-13-8-12(9-15(17-3)19-13)16(20)18-10-11-6-7-21-14(11)5-2/h8-9,11,14H,4-7,10H2,1-3H3,(H,17,19)(H,18,20). The summed E-state index contributed by atoms with van der Waals surface area (Å²) in [5.41, 5.74) is 1.58. The van der Waals surface area contributed by atoms with Gasteiger partial charge in [0.05, 0.1) is 6.10 Å². The second kappa shape index (κ2) is 7.41. The van der Waals surface area contributed by atoms with Gasteiger partial charge < -0.3 is 15.4 Å². The molecule has 1 aliphatic rings. The molecule has 1 saturated heterocycles. The van der Waals surface area contributed by atoms with E-state index < -0.39 is 0 Å². The van der Waals surface area contributed by atoms with Crippen molar-refractivity contribution >= 4 is 11.7 Å². The first kappa shape index (κ1) is 15.8. The van der Waals surface area contributed by atoms with E-state index in [0.717, 1.165) is 37.4 Å². The molecule has 1 amide bonds. The summed E-state index contributed by atoms with van der Waals surface area (Å²) in [4.78, 5) is 16.7. The number of anilines is 1. The lowest BCUT2D eigenvalue weighted by Crippen LogP contribution is -2.32. The van der Waals surface area contributed by atoms with Gasteiger partial charge in [-0.1, -0.05) is 13.8 Å². The molecule has 0 saturated carbocycles. The minimum atomic E-state index is -0.0367. The van der Waals surface area contributed by atoms with E-state index >= 15 is 0 Å². The summed E-state index contributed by atoms with van der Waals surface area (Å²) in [6, 6.07) is 3.65. The maximum absolute atomic E-state index is 12.3. The first-order chi connectivity index (χ1) is 10.2. The molecule has 0 aromatic carbocycles. The van der Waals surface area contributed by atoms with Crippen LogP contribution in [-0.2, 0) is 11.2 Å². The van der Waals surface area contributed by atoms with Crippen LogP contribution in [0.15, 0.2) is 12.1 Å². The van der Waals surface area contributed by atoms with E-state index in [-0.39, 0.29) is 12.0 Å². The molecule has 1 aliphatic heterocycles. The number of pyridine rings is 1. The molecule has 0 radical (unpaired) electrons. The third-order valence-electron chi connectivity index (χ3n) is 4.03. The second-order valence-corrected chi connectivity index (χ2v) is 5.41. The highest BCUT2D eigenvalue weighted by atomic mass is 16.5. The smallest absolute Gasteiger partial charge is 0.251 e. The average molecular weight is 291 g/mol. The van der Waals surface area contributed by atoms with Gasteiger partial charge in [-0.05, 0) is 31.4 Å². The van der Waals surface area contributed by atoms with Crippen molar-refractivity contribution in [3.63, 3.8) is 0 Å². The summed E-state index contributed by atoms with van der Waals surface area (Å²) in [6.07, 6.45) is 3.11. The Labute approximate surface area is 126 Å². The van der Waals surface area contributed by atoms with Crippen molar-refractivity contribution in [2.24, 2.45) is 5.92 Å². The van der Waals surface area contributed by atoms with E-state index in [9.17, 15) is 4.79 Å². The number of carbonyl (C=O) groups excluding carboxylic acids is 1. The molecule has 5 heteroatoms.